The van der Waals surface area contributed by atoms with Crippen molar-refractivity contribution in [3.05, 3.63) is 18.3 Å². The van der Waals surface area contributed by atoms with Crippen LogP contribution >= 0.6 is 0 Å². The molecule has 2 heterocycles. The molecule has 5 heteroatoms. The number of carbonyl (C=O) groups excluding carboxylic acids is 1. The maximum atomic E-state index is 11.7. The maximum Gasteiger partial charge on any atom is 0.224 e. The van der Waals surface area contributed by atoms with E-state index < -0.39 is 0 Å². The molecular weight excluding hydrogens is 230 g/mol. The molecule has 1 amide bonds. The van der Waals surface area contributed by atoms with Gasteiger partial charge in [-0.3, -0.25) is 4.79 Å². The van der Waals surface area contributed by atoms with Crippen LogP contribution in [0.1, 0.15) is 25.7 Å². The van der Waals surface area contributed by atoms with E-state index in [0.717, 1.165) is 32.5 Å². The second kappa shape index (κ2) is 6.35. The van der Waals surface area contributed by atoms with Gasteiger partial charge >= 0.3 is 0 Å². The van der Waals surface area contributed by atoms with E-state index in [0.29, 0.717) is 23.8 Å². The molecule has 98 valence electrons. The summed E-state index contributed by atoms with van der Waals surface area (Å²) in [5.74, 6) is 1.11. The highest BCUT2D eigenvalue weighted by molar-refractivity contribution is 5.90. The van der Waals surface area contributed by atoms with Crippen LogP contribution in [0.2, 0.25) is 0 Å². The van der Waals surface area contributed by atoms with Gasteiger partial charge in [0.1, 0.15) is 5.82 Å². The van der Waals surface area contributed by atoms with Crippen molar-refractivity contribution in [1.82, 2.24) is 4.98 Å². The fraction of sp³-hybridized carbons (Fsp3) is 0.538. The van der Waals surface area contributed by atoms with E-state index in [9.17, 15) is 4.79 Å². The van der Waals surface area contributed by atoms with Crippen molar-refractivity contribution in [2.24, 2.45) is 5.92 Å². The smallest absolute Gasteiger partial charge is 0.224 e. The summed E-state index contributed by atoms with van der Waals surface area (Å²) in [4.78, 5) is 15.7. The molecular formula is C13H19N3O2. The topological polar surface area (TPSA) is 77.2 Å². The minimum Gasteiger partial charge on any atom is -0.384 e. The summed E-state index contributed by atoms with van der Waals surface area (Å²) in [6.07, 6.45) is 5.18. The number of nitrogens with zero attached hydrogens (tertiary/aromatic N) is 1. The number of hydrogen-bond acceptors (Lipinski definition) is 4. The lowest BCUT2D eigenvalue weighted by molar-refractivity contribution is -0.116. The second-order valence-corrected chi connectivity index (χ2v) is 4.61. The Morgan fingerprint density at radius 1 is 1.44 bits per heavy atom. The van der Waals surface area contributed by atoms with E-state index in [4.69, 9.17) is 10.5 Å². The van der Waals surface area contributed by atoms with Crippen molar-refractivity contribution in [2.45, 2.75) is 25.7 Å². The van der Waals surface area contributed by atoms with Gasteiger partial charge in [-0.05, 0) is 37.3 Å². The van der Waals surface area contributed by atoms with Crippen molar-refractivity contribution in [2.75, 3.05) is 24.3 Å². The number of pyridine rings is 1. The predicted octanol–water partition coefficient (Wildman–Crippen LogP) is 1.81. The lowest BCUT2D eigenvalue weighted by atomic mass is 9.95. The Morgan fingerprint density at radius 2 is 2.22 bits per heavy atom. The number of rotatable bonds is 4. The van der Waals surface area contributed by atoms with Crippen LogP contribution in [0.4, 0.5) is 11.5 Å². The molecule has 0 unspecified atom stereocenters. The number of carbonyl (C=O) groups is 1. The number of nitrogen functional groups attached to an aromatic ring is 1. The first-order valence-corrected chi connectivity index (χ1v) is 6.33. The number of amides is 1. The van der Waals surface area contributed by atoms with Gasteiger partial charge in [0.2, 0.25) is 5.91 Å². The lowest BCUT2D eigenvalue weighted by Crippen LogP contribution is -2.18. The Bertz CT molecular complexity index is 386. The van der Waals surface area contributed by atoms with Crippen LogP contribution in [-0.2, 0) is 9.53 Å². The zero-order valence-electron chi connectivity index (χ0n) is 10.4. The third-order valence-electron chi connectivity index (χ3n) is 3.19. The van der Waals surface area contributed by atoms with E-state index in [2.05, 4.69) is 10.3 Å². The first-order valence-electron chi connectivity index (χ1n) is 6.33. The van der Waals surface area contributed by atoms with Crippen LogP contribution in [0, 0.1) is 5.92 Å². The molecule has 0 radical (unpaired) electrons. The van der Waals surface area contributed by atoms with Crippen molar-refractivity contribution >= 4 is 17.4 Å². The zero-order valence-corrected chi connectivity index (χ0v) is 10.4. The highest BCUT2D eigenvalue weighted by Crippen LogP contribution is 2.20. The fourth-order valence-electron chi connectivity index (χ4n) is 2.07. The van der Waals surface area contributed by atoms with Crippen LogP contribution in [0.15, 0.2) is 18.3 Å². The van der Waals surface area contributed by atoms with Gasteiger partial charge < -0.3 is 15.8 Å². The second-order valence-electron chi connectivity index (χ2n) is 4.61. The summed E-state index contributed by atoms with van der Waals surface area (Å²) >= 11 is 0. The van der Waals surface area contributed by atoms with Crippen molar-refractivity contribution in [3.63, 3.8) is 0 Å². The number of nitrogens with one attached hydrogen (secondary N) is 1. The van der Waals surface area contributed by atoms with Crippen LogP contribution in [-0.4, -0.2) is 24.1 Å². The van der Waals surface area contributed by atoms with Crippen LogP contribution in [0.3, 0.4) is 0 Å². The van der Waals surface area contributed by atoms with Gasteiger partial charge in [0.15, 0.2) is 0 Å². The molecule has 5 nitrogen and oxygen atoms in total. The molecule has 2 rings (SSSR count). The maximum absolute atomic E-state index is 11.7. The monoisotopic (exact) mass is 249 g/mol. The SMILES string of the molecule is Nc1ccc(NC(=O)CCC2CCOCC2)cn1. The van der Waals surface area contributed by atoms with Gasteiger partial charge in [-0.2, -0.15) is 0 Å². The largest absolute Gasteiger partial charge is 0.384 e. The highest BCUT2D eigenvalue weighted by Gasteiger charge is 2.15. The lowest BCUT2D eigenvalue weighted by Gasteiger charge is -2.21. The van der Waals surface area contributed by atoms with Crippen molar-refractivity contribution in [1.29, 1.82) is 0 Å². The molecule has 0 atom stereocenters. The quantitative estimate of drug-likeness (QED) is 0.853. The molecule has 1 aromatic heterocycles. The van der Waals surface area contributed by atoms with Crippen LogP contribution in [0.25, 0.3) is 0 Å². The summed E-state index contributed by atoms with van der Waals surface area (Å²) < 4.78 is 5.29. The molecule has 1 fully saturated rings. The summed E-state index contributed by atoms with van der Waals surface area (Å²) in [7, 11) is 0. The van der Waals surface area contributed by atoms with Crippen LogP contribution < -0.4 is 11.1 Å². The van der Waals surface area contributed by atoms with E-state index in [1.54, 1.807) is 18.3 Å². The van der Waals surface area contributed by atoms with Crippen molar-refractivity contribution < 1.29 is 9.53 Å². The Morgan fingerprint density at radius 3 is 2.89 bits per heavy atom. The Hall–Kier alpha value is -1.62. The molecule has 1 aliphatic rings. The van der Waals surface area contributed by atoms with Gasteiger partial charge in [0, 0.05) is 19.6 Å². The first-order chi connectivity index (χ1) is 8.74. The van der Waals surface area contributed by atoms with Crippen LogP contribution in [0.5, 0.6) is 0 Å². The summed E-state index contributed by atoms with van der Waals surface area (Å²) in [6, 6.07) is 3.43. The molecule has 1 saturated heterocycles. The third kappa shape index (κ3) is 4.00. The molecule has 0 aromatic carbocycles. The molecule has 0 aliphatic carbocycles. The molecule has 0 bridgehead atoms. The van der Waals surface area contributed by atoms with Crippen molar-refractivity contribution in [3.8, 4) is 0 Å². The molecule has 18 heavy (non-hydrogen) atoms. The average Bonchev–Trinajstić information content (AvgIpc) is 2.40. The summed E-state index contributed by atoms with van der Waals surface area (Å²) in [5.41, 5.74) is 6.17. The predicted molar refractivity (Wildman–Crippen MR) is 70.1 cm³/mol. The van der Waals surface area contributed by atoms with Gasteiger partial charge in [-0.1, -0.05) is 0 Å². The molecule has 1 aliphatic heterocycles. The molecule has 0 saturated carbocycles. The minimum atomic E-state index is 0.0352. The van der Waals surface area contributed by atoms with Gasteiger partial charge in [-0.15, -0.1) is 0 Å². The minimum absolute atomic E-state index is 0.0352. The highest BCUT2D eigenvalue weighted by atomic mass is 16.5. The fourth-order valence-corrected chi connectivity index (χ4v) is 2.07. The standard InChI is InChI=1S/C13H19N3O2/c14-12-3-2-11(9-15-12)16-13(17)4-1-10-5-7-18-8-6-10/h2-3,9-10H,1,4-8H2,(H2,14,15)(H,16,17). The number of ether oxygens (including phenoxy) is 1. The third-order valence-corrected chi connectivity index (χ3v) is 3.19. The number of nitrogens with two attached hydrogens (primary N) is 1. The van der Waals surface area contributed by atoms with Gasteiger partial charge in [0.05, 0.1) is 11.9 Å². The van der Waals surface area contributed by atoms with E-state index >= 15 is 0 Å². The molecule has 3 N–H and O–H groups in total. The van der Waals surface area contributed by atoms with E-state index in [1.807, 2.05) is 0 Å². The zero-order chi connectivity index (χ0) is 12.8. The number of anilines is 2. The normalized spacial score (nSPS) is 16.4. The molecule has 1 aromatic rings. The van der Waals surface area contributed by atoms with E-state index in [-0.39, 0.29) is 5.91 Å². The van der Waals surface area contributed by atoms with E-state index in [1.165, 1.54) is 0 Å². The summed E-state index contributed by atoms with van der Waals surface area (Å²) in [6.45, 7) is 1.66. The number of aromatic nitrogens is 1. The number of hydrogen-bond donors (Lipinski definition) is 2. The average molecular weight is 249 g/mol. The summed E-state index contributed by atoms with van der Waals surface area (Å²) in [5, 5.41) is 2.82. The Kier molecular flexibility index (Phi) is 4.52. The van der Waals surface area contributed by atoms with Gasteiger partial charge in [-0.25, -0.2) is 4.98 Å². The Labute approximate surface area is 107 Å². The Balaban J connectivity index is 1.73. The van der Waals surface area contributed by atoms with Gasteiger partial charge in [0.25, 0.3) is 0 Å². The first kappa shape index (κ1) is 12.8. The molecule has 0 spiro atoms.